The average Bonchev–Trinajstić information content (AvgIpc) is 2.38. The quantitative estimate of drug-likeness (QED) is 0.868. The maximum absolute atomic E-state index is 12.5. The highest BCUT2D eigenvalue weighted by Gasteiger charge is 2.33. The first kappa shape index (κ1) is 13.9. The Morgan fingerprint density at radius 2 is 1.90 bits per heavy atom. The SMILES string of the molecule is O=C(O)C[n+]1ccc(-c2cncc(C(F)(F)F)n2)cc1. The Morgan fingerprint density at radius 3 is 2.45 bits per heavy atom. The number of carboxylic acids is 1. The number of carbonyl (C=O) groups is 1. The van der Waals surface area contributed by atoms with E-state index in [0.29, 0.717) is 11.8 Å². The van der Waals surface area contributed by atoms with Gasteiger partial charge in [-0.15, -0.1) is 0 Å². The second-order valence-corrected chi connectivity index (χ2v) is 3.94. The van der Waals surface area contributed by atoms with Crippen molar-refractivity contribution in [1.82, 2.24) is 9.97 Å². The number of alkyl halides is 3. The summed E-state index contributed by atoms with van der Waals surface area (Å²) >= 11 is 0. The van der Waals surface area contributed by atoms with Gasteiger partial charge < -0.3 is 5.11 Å². The molecule has 0 spiro atoms. The summed E-state index contributed by atoms with van der Waals surface area (Å²) < 4.78 is 38.9. The van der Waals surface area contributed by atoms with Crippen LogP contribution in [-0.4, -0.2) is 21.0 Å². The minimum atomic E-state index is -4.55. The van der Waals surface area contributed by atoms with Gasteiger partial charge in [-0.1, -0.05) is 0 Å². The Morgan fingerprint density at radius 1 is 1.25 bits per heavy atom. The number of carboxylic acid groups (broad SMARTS) is 1. The largest absolute Gasteiger partial charge is 0.477 e. The summed E-state index contributed by atoms with van der Waals surface area (Å²) in [4.78, 5) is 17.5. The number of pyridine rings is 1. The molecule has 0 unspecified atom stereocenters. The Balaban J connectivity index is 2.30. The van der Waals surface area contributed by atoms with Gasteiger partial charge in [-0.2, -0.15) is 17.7 Å². The molecule has 5 nitrogen and oxygen atoms in total. The molecular weight excluding hydrogens is 275 g/mol. The van der Waals surface area contributed by atoms with Gasteiger partial charge in [-0.25, -0.2) is 9.78 Å². The third-order valence-corrected chi connectivity index (χ3v) is 2.43. The molecule has 0 amide bonds. The van der Waals surface area contributed by atoms with Crippen molar-refractivity contribution in [2.45, 2.75) is 12.7 Å². The third kappa shape index (κ3) is 3.28. The zero-order chi connectivity index (χ0) is 14.8. The van der Waals surface area contributed by atoms with Crippen molar-refractivity contribution < 1.29 is 27.6 Å². The van der Waals surface area contributed by atoms with Gasteiger partial charge in [0.05, 0.1) is 18.1 Å². The molecule has 104 valence electrons. The van der Waals surface area contributed by atoms with E-state index in [9.17, 15) is 18.0 Å². The Bertz CT molecular complexity index is 627. The third-order valence-electron chi connectivity index (χ3n) is 2.43. The number of aromatic nitrogens is 3. The van der Waals surface area contributed by atoms with Crippen LogP contribution in [0.15, 0.2) is 36.9 Å². The zero-order valence-corrected chi connectivity index (χ0v) is 10.0. The number of aliphatic carboxylic acids is 1. The van der Waals surface area contributed by atoms with Crippen LogP contribution in [0.1, 0.15) is 5.69 Å². The Hall–Kier alpha value is -2.51. The van der Waals surface area contributed by atoms with Crippen molar-refractivity contribution in [2.24, 2.45) is 0 Å². The maximum atomic E-state index is 12.5. The summed E-state index contributed by atoms with van der Waals surface area (Å²) in [5, 5.41) is 8.61. The molecule has 0 radical (unpaired) electrons. The monoisotopic (exact) mass is 284 g/mol. The number of hydrogen-bond acceptors (Lipinski definition) is 3. The van der Waals surface area contributed by atoms with E-state index in [4.69, 9.17) is 5.11 Å². The molecule has 20 heavy (non-hydrogen) atoms. The smallest absolute Gasteiger partial charge is 0.434 e. The first-order valence-electron chi connectivity index (χ1n) is 5.47. The van der Waals surface area contributed by atoms with Crippen LogP contribution >= 0.6 is 0 Å². The molecule has 0 aromatic carbocycles. The highest BCUT2D eigenvalue weighted by atomic mass is 19.4. The molecule has 8 heteroatoms. The van der Waals surface area contributed by atoms with Crippen molar-refractivity contribution in [3.63, 3.8) is 0 Å². The summed E-state index contributed by atoms with van der Waals surface area (Å²) in [7, 11) is 0. The zero-order valence-electron chi connectivity index (χ0n) is 10.0. The fraction of sp³-hybridized carbons (Fsp3) is 0.167. The van der Waals surface area contributed by atoms with Crippen molar-refractivity contribution in [1.29, 1.82) is 0 Å². The second-order valence-electron chi connectivity index (χ2n) is 3.94. The molecule has 0 saturated carbocycles. The van der Waals surface area contributed by atoms with Crippen LogP contribution in [0, 0.1) is 0 Å². The first-order valence-corrected chi connectivity index (χ1v) is 5.47. The van der Waals surface area contributed by atoms with Gasteiger partial charge in [-0.05, 0) is 0 Å². The van der Waals surface area contributed by atoms with E-state index in [1.54, 1.807) is 0 Å². The fourth-order valence-corrected chi connectivity index (χ4v) is 1.53. The van der Waals surface area contributed by atoms with Gasteiger partial charge in [0, 0.05) is 17.7 Å². The van der Waals surface area contributed by atoms with E-state index in [1.807, 2.05) is 0 Å². The highest BCUT2D eigenvalue weighted by molar-refractivity contribution is 5.64. The molecule has 0 bridgehead atoms. The van der Waals surface area contributed by atoms with E-state index >= 15 is 0 Å². The van der Waals surface area contributed by atoms with Crippen LogP contribution in [-0.2, 0) is 17.5 Å². The minimum absolute atomic E-state index is 0.0716. The summed E-state index contributed by atoms with van der Waals surface area (Å²) in [5.41, 5.74) is -0.579. The molecule has 2 rings (SSSR count). The standard InChI is InChI=1S/C12H8F3N3O2/c13-12(14,15)10-6-16-5-9(17-10)8-1-3-18(4-2-8)7-11(19)20/h1-6H,7H2/p+1. The number of hydrogen-bond donors (Lipinski definition) is 1. The molecule has 2 aromatic rings. The van der Waals surface area contributed by atoms with E-state index < -0.39 is 17.8 Å². The van der Waals surface area contributed by atoms with Gasteiger partial charge in [0.1, 0.15) is 0 Å². The molecule has 2 aromatic heterocycles. The Kier molecular flexibility index (Phi) is 3.64. The van der Waals surface area contributed by atoms with Crippen molar-refractivity contribution in [3.8, 4) is 11.3 Å². The lowest BCUT2D eigenvalue weighted by Gasteiger charge is -2.06. The predicted molar refractivity (Wildman–Crippen MR) is 60.3 cm³/mol. The van der Waals surface area contributed by atoms with E-state index in [0.717, 1.165) is 0 Å². The lowest BCUT2D eigenvalue weighted by Crippen LogP contribution is -2.36. The highest BCUT2D eigenvalue weighted by Crippen LogP contribution is 2.28. The topological polar surface area (TPSA) is 67.0 Å². The van der Waals surface area contributed by atoms with Gasteiger partial charge in [-0.3, -0.25) is 4.98 Å². The van der Waals surface area contributed by atoms with Crippen LogP contribution in [0.25, 0.3) is 11.3 Å². The van der Waals surface area contributed by atoms with Crippen LogP contribution < -0.4 is 4.57 Å². The van der Waals surface area contributed by atoms with E-state index in [1.165, 1.54) is 35.3 Å². The van der Waals surface area contributed by atoms with Crippen LogP contribution in [0.3, 0.4) is 0 Å². The average molecular weight is 284 g/mol. The number of nitrogens with zero attached hydrogens (tertiary/aromatic N) is 3. The minimum Gasteiger partial charge on any atom is -0.477 e. The number of halogens is 3. The summed E-state index contributed by atoms with van der Waals surface area (Å²) in [6, 6.07) is 2.96. The lowest BCUT2D eigenvalue weighted by molar-refractivity contribution is -0.685. The maximum Gasteiger partial charge on any atom is 0.434 e. The normalized spacial score (nSPS) is 11.3. The van der Waals surface area contributed by atoms with Gasteiger partial charge in [0.15, 0.2) is 18.1 Å². The van der Waals surface area contributed by atoms with E-state index in [-0.39, 0.29) is 12.2 Å². The molecule has 0 aliphatic rings. The summed E-state index contributed by atoms with van der Waals surface area (Å²) in [5.74, 6) is -1.01. The second kappa shape index (κ2) is 5.24. The Labute approximate surface area is 111 Å². The van der Waals surface area contributed by atoms with Crippen molar-refractivity contribution in [3.05, 3.63) is 42.6 Å². The van der Waals surface area contributed by atoms with Gasteiger partial charge in [0.25, 0.3) is 0 Å². The molecule has 1 N–H and O–H groups in total. The molecule has 0 aliphatic carbocycles. The molecule has 0 saturated heterocycles. The molecule has 0 atom stereocenters. The molecule has 0 fully saturated rings. The van der Waals surface area contributed by atoms with Crippen molar-refractivity contribution >= 4 is 5.97 Å². The summed E-state index contributed by atoms with van der Waals surface area (Å²) in [6.45, 7) is -0.228. The lowest BCUT2D eigenvalue weighted by atomic mass is 10.2. The number of rotatable bonds is 3. The van der Waals surface area contributed by atoms with Crippen LogP contribution in [0.5, 0.6) is 0 Å². The first-order chi connectivity index (χ1) is 9.36. The van der Waals surface area contributed by atoms with Crippen LogP contribution in [0.4, 0.5) is 13.2 Å². The predicted octanol–water partition coefficient (Wildman–Crippen LogP) is 1.53. The summed E-state index contributed by atoms with van der Waals surface area (Å²) in [6.07, 6.45) is 0.209. The van der Waals surface area contributed by atoms with Gasteiger partial charge >= 0.3 is 12.1 Å². The van der Waals surface area contributed by atoms with Gasteiger partial charge in [0.2, 0.25) is 6.54 Å². The van der Waals surface area contributed by atoms with Crippen LogP contribution in [0.2, 0.25) is 0 Å². The molecule has 2 heterocycles. The van der Waals surface area contributed by atoms with E-state index in [2.05, 4.69) is 9.97 Å². The molecule has 0 aliphatic heterocycles. The fourth-order valence-electron chi connectivity index (χ4n) is 1.53. The van der Waals surface area contributed by atoms with Crippen molar-refractivity contribution in [2.75, 3.05) is 0 Å². The molecular formula is C12H9F3N3O2+.